The fourth-order valence-electron chi connectivity index (χ4n) is 4.45. The second kappa shape index (κ2) is 7.91. The van der Waals surface area contributed by atoms with Gasteiger partial charge in [0.15, 0.2) is 0 Å². The molecular formula is C22H25N5O2. The molecule has 0 saturated carbocycles. The summed E-state index contributed by atoms with van der Waals surface area (Å²) >= 11 is 0. The van der Waals surface area contributed by atoms with Crippen molar-refractivity contribution in [3.8, 4) is 11.3 Å². The minimum atomic E-state index is -0.0385. The van der Waals surface area contributed by atoms with E-state index >= 15 is 0 Å². The summed E-state index contributed by atoms with van der Waals surface area (Å²) in [4.78, 5) is 18.8. The molecule has 0 amide bonds. The topological polar surface area (TPSA) is 77.1 Å². The van der Waals surface area contributed by atoms with Crippen LogP contribution in [0.2, 0.25) is 0 Å². The molecule has 0 radical (unpaired) electrons. The number of rotatable bonds is 5. The fraction of sp³-hybridized carbons (Fsp3) is 0.455. The van der Waals surface area contributed by atoms with E-state index < -0.39 is 0 Å². The van der Waals surface area contributed by atoms with Gasteiger partial charge in [0, 0.05) is 49.1 Å². The van der Waals surface area contributed by atoms with Crippen LogP contribution in [-0.4, -0.2) is 37.9 Å². The number of nitrogens with zero attached hydrogens (tertiary/aromatic N) is 5. The lowest BCUT2D eigenvalue weighted by Gasteiger charge is -2.31. The van der Waals surface area contributed by atoms with Crippen molar-refractivity contribution < 1.29 is 4.52 Å². The van der Waals surface area contributed by atoms with Gasteiger partial charge in [-0.1, -0.05) is 5.16 Å². The molecule has 7 heteroatoms. The fourth-order valence-corrected chi connectivity index (χ4v) is 4.45. The Hall–Kier alpha value is -2.80. The molecule has 5 rings (SSSR count). The van der Waals surface area contributed by atoms with Gasteiger partial charge in [-0.15, -0.1) is 0 Å². The van der Waals surface area contributed by atoms with Crippen molar-refractivity contribution in [2.75, 3.05) is 13.1 Å². The molecule has 3 aromatic heterocycles. The van der Waals surface area contributed by atoms with Gasteiger partial charge in [0.05, 0.1) is 5.69 Å². The first-order chi connectivity index (χ1) is 14.3. The van der Waals surface area contributed by atoms with Crippen molar-refractivity contribution in [3.63, 3.8) is 0 Å². The predicted octanol–water partition coefficient (Wildman–Crippen LogP) is 2.69. The van der Waals surface area contributed by atoms with E-state index in [2.05, 4.69) is 20.1 Å². The zero-order chi connectivity index (χ0) is 19.6. The van der Waals surface area contributed by atoms with Gasteiger partial charge in [-0.2, -0.15) is 5.10 Å². The van der Waals surface area contributed by atoms with Crippen LogP contribution in [0.5, 0.6) is 0 Å². The van der Waals surface area contributed by atoms with E-state index in [4.69, 9.17) is 4.52 Å². The molecule has 4 heterocycles. The van der Waals surface area contributed by atoms with E-state index in [0.717, 1.165) is 68.0 Å². The van der Waals surface area contributed by atoms with Gasteiger partial charge in [-0.25, -0.2) is 4.68 Å². The van der Waals surface area contributed by atoms with E-state index in [-0.39, 0.29) is 5.56 Å². The van der Waals surface area contributed by atoms with E-state index in [0.29, 0.717) is 12.5 Å². The molecular weight excluding hydrogens is 366 g/mol. The Morgan fingerprint density at radius 2 is 1.90 bits per heavy atom. The number of aryl methyl sites for hydroxylation is 1. The summed E-state index contributed by atoms with van der Waals surface area (Å²) in [5, 5.41) is 8.89. The van der Waals surface area contributed by atoms with Crippen molar-refractivity contribution in [1.82, 2.24) is 24.8 Å². The molecule has 1 aliphatic heterocycles. The first-order valence-corrected chi connectivity index (χ1v) is 10.4. The summed E-state index contributed by atoms with van der Waals surface area (Å²) in [5.41, 5.74) is 4.21. The van der Waals surface area contributed by atoms with Gasteiger partial charge in [-0.3, -0.25) is 14.7 Å². The van der Waals surface area contributed by atoms with Gasteiger partial charge < -0.3 is 4.52 Å². The molecule has 150 valence electrons. The number of fused-ring (bicyclic) bond motifs is 1. The molecule has 1 aliphatic carbocycles. The summed E-state index contributed by atoms with van der Waals surface area (Å²) < 4.78 is 7.11. The molecule has 29 heavy (non-hydrogen) atoms. The van der Waals surface area contributed by atoms with Crippen molar-refractivity contribution in [2.45, 2.75) is 45.2 Å². The molecule has 1 fully saturated rings. The number of pyridine rings is 1. The molecule has 0 unspecified atom stereocenters. The summed E-state index contributed by atoms with van der Waals surface area (Å²) in [7, 11) is 0. The van der Waals surface area contributed by atoms with Crippen LogP contribution < -0.4 is 5.56 Å². The van der Waals surface area contributed by atoms with Crippen molar-refractivity contribution in [1.29, 1.82) is 0 Å². The molecule has 0 spiro atoms. The lowest BCUT2D eigenvalue weighted by molar-refractivity contribution is 0.160. The highest BCUT2D eigenvalue weighted by molar-refractivity contribution is 5.56. The third-order valence-electron chi connectivity index (χ3n) is 6.14. The Labute approximate surface area is 169 Å². The monoisotopic (exact) mass is 391 g/mol. The lowest BCUT2D eigenvalue weighted by Crippen LogP contribution is -2.36. The standard InChI is InChI=1S/C22H25N5O2/c28-22-5-4-19(17-6-10-23-11-7-17)24-27(22)14-16-8-12-26(13-9-16)15-20-18-2-1-3-21(18)29-25-20/h4-7,10-11,16H,1-3,8-9,12-15H2. The Bertz CT molecular complexity index is 1030. The van der Waals surface area contributed by atoms with Crippen LogP contribution in [0.3, 0.4) is 0 Å². The zero-order valence-corrected chi connectivity index (χ0v) is 16.5. The van der Waals surface area contributed by atoms with Gasteiger partial charge in [0.2, 0.25) is 0 Å². The first-order valence-electron chi connectivity index (χ1n) is 10.4. The highest BCUT2D eigenvalue weighted by Gasteiger charge is 2.25. The van der Waals surface area contributed by atoms with Crippen LogP contribution in [0.25, 0.3) is 11.3 Å². The highest BCUT2D eigenvalue weighted by Crippen LogP contribution is 2.27. The number of likely N-dealkylation sites (tertiary alicyclic amines) is 1. The molecule has 3 aromatic rings. The minimum Gasteiger partial charge on any atom is -0.361 e. The Morgan fingerprint density at radius 1 is 1.07 bits per heavy atom. The SMILES string of the molecule is O=c1ccc(-c2ccncc2)nn1CC1CCN(Cc2noc3c2CCC3)CC1. The first kappa shape index (κ1) is 18.2. The van der Waals surface area contributed by atoms with Crippen molar-refractivity contribution in [2.24, 2.45) is 5.92 Å². The van der Waals surface area contributed by atoms with Crippen molar-refractivity contribution >= 4 is 0 Å². The smallest absolute Gasteiger partial charge is 0.266 e. The maximum atomic E-state index is 12.3. The van der Waals surface area contributed by atoms with Crippen LogP contribution in [0, 0.1) is 5.92 Å². The lowest BCUT2D eigenvalue weighted by atomic mass is 9.96. The second-order valence-electron chi connectivity index (χ2n) is 8.08. The van der Waals surface area contributed by atoms with Crippen LogP contribution in [-0.2, 0) is 25.9 Å². The molecule has 0 aromatic carbocycles. The zero-order valence-electron chi connectivity index (χ0n) is 16.5. The summed E-state index contributed by atoms with van der Waals surface area (Å²) in [6, 6.07) is 7.22. The van der Waals surface area contributed by atoms with E-state index in [1.165, 1.54) is 12.0 Å². The average Bonchev–Trinajstić information content (AvgIpc) is 3.37. The molecule has 7 nitrogen and oxygen atoms in total. The summed E-state index contributed by atoms with van der Waals surface area (Å²) in [6.07, 6.45) is 8.93. The van der Waals surface area contributed by atoms with Gasteiger partial charge in [0.25, 0.3) is 5.56 Å². The number of piperidine rings is 1. The van der Waals surface area contributed by atoms with Crippen LogP contribution in [0.4, 0.5) is 0 Å². The number of hydrogen-bond donors (Lipinski definition) is 0. The third-order valence-corrected chi connectivity index (χ3v) is 6.14. The average molecular weight is 391 g/mol. The maximum Gasteiger partial charge on any atom is 0.266 e. The Kier molecular flexibility index (Phi) is 4.97. The molecule has 2 aliphatic rings. The molecule has 0 N–H and O–H groups in total. The van der Waals surface area contributed by atoms with Crippen LogP contribution in [0.15, 0.2) is 46.0 Å². The van der Waals surface area contributed by atoms with Crippen LogP contribution in [0.1, 0.15) is 36.3 Å². The quantitative estimate of drug-likeness (QED) is 0.666. The highest BCUT2D eigenvalue weighted by atomic mass is 16.5. The number of hydrogen-bond acceptors (Lipinski definition) is 6. The van der Waals surface area contributed by atoms with E-state index in [1.54, 1.807) is 29.2 Å². The predicted molar refractivity (Wildman–Crippen MR) is 108 cm³/mol. The van der Waals surface area contributed by atoms with Gasteiger partial charge in [0.1, 0.15) is 11.5 Å². The van der Waals surface area contributed by atoms with Crippen molar-refractivity contribution in [3.05, 3.63) is 64.0 Å². The third kappa shape index (κ3) is 3.87. The minimum absolute atomic E-state index is 0.0385. The Balaban J connectivity index is 1.21. The van der Waals surface area contributed by atoms with E-state index in [9.17, 15) is 4.79 Å². The maximum absolute atomic E-state index is 12.3. The van der Waals surface area contributed by atoms with Crippen LogP contribution >= 0.6 is 0 Å². The van der Waals surface area contributed by atoms with Gasteiger partial charge in [-0.05, 0) is 62.9 Å². The largest absolute Gasteiger partial charge is 0.361 e. The second-order valence-corrected chi connectivity index (χ2v) is 8.08. The number of aromatic nitrogens is 4. The summed E-state index contributed by atoms with van der Waals surface area (Å²) in [6.45, 7) is 3.59. The summed E-state index contributed by atoms with van der Waals surface area (Å²) in [5.74, 6) is 1.56. The van der Waals surface area contributed by atoms with Gasteiger partial charge >= 0.3 is 0 Å². The molecule has 0 atom stereocenters. The molecule has 0 bridgehead atoms. The Morgan fingerprint density at radius 3 is 2.72 bits per heavy atom. The molecule has 1 saturated heterocycles. The van der Waals surface area contributed by atoms with E-state index in [1.807, 2.05) is 12.1 Å². The normalized spacial score (nSPS) is 17.5.